The van der Waals surface area contributed by atoms with Gasteiger partial charge in [0.25, 0.3) is 0 Å². The van der Waals surface area contributed by atoms with Gasteiger partial charge >= 0.3 is 5.97 Å². The zero-order valence-electron chi connectivity index (χ0n) is 7.41. The van der Waals surface area contributed by atoms with Crippen molar-refractivity contribution in [2.45, 2.75) is 50.4 Å². The predicted molar refractivity (Wildman–Crippen MR) is 50.0 cm³/mol. The van der Waals surface area contributed by atoms with Gasteiger partial charge in [0.05, 0.1) is 0 Å². The lowest BCUT2D eigenvalue weighted by Gasteiger charge is -2.22. The summed E-state index contributed by atoms with van der Waals surface area (Å²) in [5.74, 6) is -0.225. The van der Waals surface area contributed by atoms with Crippen LogP contribution in [0.3, 0.4) is 0 Å². The van der Waals surface area contributed by atoms with Crippen LogP contribution in [0.1, 0.15) is 39.0 Å². The van der Waals surface area contributed by atoms with Gasteiger partial charge in [0.1, 0.15) is 11.4 Å². The van der Waals surface area contributed by atoms with Crippen LogP contribution < -0.4 is 0 Å². The van der Waals surface area contributed by atoms with Crippen molar-refractivity contribution in [1.82, 2.24) is 0 Å². The minimum atomic E-state index is -0.396. The molecule has 1 aliphatic carbocycles. The molecule has 1 fully saturated rings. The maximum absolute atomic E-state index is 11.1. The second-order valence-electron chi connectivity index (χ2n) is 3.34. The van der Waals surface area contributed by atoms with Crippen LogP contribution in [0.25, 0.3) is 0 Å². The van der Waals surface area contributed by atoms with E-state index in [-0.39, 0.29) is 12.1 Å². The molecule has 69 valence electrons. The van der Waals surface area contributed by atoms with E-state index in [1.165, 1.54) is 19.3 Å². The maximum Gasteiger partial charge on any atom is 0.319 e. The molecule has 12 heavy (non-hydrogen) atoms. The Balaban J connectivity index is 2.24. The molecular weight excluding hydrogens is 172 g/mol. The first-order valence-corrected chi connectivity index (χ1v) is 5.03. The van der Waals surface area contributed by atoms with E-state index in [1.807, 2.05) is 0 Å². The summed E-state index contributed by atoms with van der Waals surface area (Å²) in [6.45, 7) is 1.69. The lowest BCUT2D eigenvalue weighted by Crippen LogP contribution is -2.24. The first kappa shape index (κ1) is 9.90. The van der Waals surface area contributed by atoms with Crippen LogP contribution in [0.2, 0.25) is 0 Å². The molecule has 0 amide bonds. The molecule has 1 rings (SSSR count). The third-order valence-electron chi connectivity index (χ3n) is 2.17. The zero-order valence-corrected chi connectivity index (χ0v) is 8.23. The van der Waals surface area contributed by atoms with Gasteiger partial charge in [-0.05, 0) is 32.6 Å². The van der Waals surface area contributed by atoms with E-state index in [2.05, 4.69) is 0 Å². The molecule has 1 unspecified atom stereocenters. The average Bonchev–Trinajstić information content (AvgIpc) is 2.06. The molecule has 0 heterocycles. The second-order valence-corrected chi connectivity index (χ2v) is 4.05. The second kappa shape index (κ2) is 4.75. The molecule has 0 bridgehead atoms. The summed E-state index contributed by atoms with van der Waals surface area (Å²) >= 11 is 4.80. The number of rotatable bonds is 2. The minimum Gasteiger partial charge on any atom is -0.462 e. The third-order valence-corrected chi connectivity index (χ3v) is 2.36. The van der Waals surface area contributed by atoms with Gasteiger partial charge < -0.3 is 4.74 Å². The van der Waals surface area contributed by atoms with Crippen molar-refractivity contribution in [1.29, 1.82) is 0 Å². The molecule has 3 heteroatoms. The van der Waals surface area contributed by atoms with Crippen molar-refractivity contribution in [3.63, 3.8) is 0 Å². The summed E-state index contributed by atoms with van der Waals surface area (Å²) in [4.78, 5) is 11.1. The van der Waals surface area contributed by atoms with Crippen molar-refractivity contribution in [3.05, 3.63) is 0 Å². The Morgan fingerprint density at radius 3 is 2.50 bits per heavy atom. The SMILES string of the molecule is CC([S])C(=O)OC1CCCCC1. The van der Waals surface area contributed by atoms with Gasteiger partial charge in [-0.25, -0.2) is 0 Å². The van der Waals surface area contributed by atoms with Gasteiger partial charge in [-0.15, -0.1) is 0 Å². The molecule has 1 atom stereocenters. The molecule has 1 saturated carbocycles. The normalized spacial score (nSPS) is 21.8. The van der Waals surface area contributed by atoms with E-state index in [4.69, 9.17) is 17.4 Å². The van der Waals surface area contributed by atoms with E-state index in [1.54, 1.807) is 6.92 Å². The van der Waals surface area contributed by atoms with Crippen molar-refractivity contribution >= 4 is 18.6 Å². The van der Waals surface area contributed by atoms with E-state index in [9.17, 15) is 4.79 Å². The quantitative estimate of drug-likeness (QED) is 0.621. The molecule has 1 aliphatic rings. The number of ether oxygens (including phenoxy) is 1. The summed E-state index contributed by atoms with van der Waals surface area (Å²) in [6, 6.07) is 0. The van der Waals surface area contributed by atoms with Gasteiger partial charge in [0.15, 0.2) is 0 Å². The highest BCUT2D eigenvalue weighted by Gasteiger charge is 2.19. The Hall–Kier alpha value is -0.180. The molecule has 1 radical (unpaired) electrons. The highest BCUT2D eigenvalue weighted by atomic mass is 32.1. The van der Waals surface area contributed by atoms with Gasteiger partial charge in [0, 0.05) is 0 Å². The van der Waals surface area contributed by atoms with Crippen LogP contribution in [-0.4, -0.2) is 17.3 Å². The summed E-state index contributed by atoms with van der Waals surface area (Å²) in [6.07, 6.45) is 5.84. The molecule has 0 saturated heterocycles. The Morgan fingerprint density at radius 1 is 1.42 bits per heavy atom. The number of esters is 1. The van der Waals surface area contributed by atoms with Crippen molar-refractivity contribution in [2.75, 3.05) is 0 Å². The molecule has 2 nitrogen and oxygen atoms in total. The number of hydrogen-bond donors (Lipinski definition) is 0. The molecular formula is C9H15O2S. The van der Waals surface area contributed by atoms with E-state index < -0.39 is 5.25 Å². The number of carbonyl (C=O) groups is 1. The fourth-order valence-corrected chi connectivity index (χ4v) is 1.50. The van der Waals surface area contributed by atoms with Crippen LogP contribution >= 0.6 is 12.6 Å². The van der Waals surface area contributed by atoms with Crippen LogP contribution in [0, 0.1) is 0 Å². The predicted octanol–water partition coefficient (Wildman–Crippen LogP) is 2.45. The lowest BCUT2D eigenvalue weighted by molar-refractivity contribution is -0.149. The van der Waals surface area contributed by atoms with Gasteiger partial charge in [0.2, 0.25) is 0 Å². The largest absolute Gasteiger partial charge is 0.462 e. The van der Waals surface area contributed by atoms with E-state index in [0.29, 0.717) is 0 Å². The van der Waals surface area contributed by atoms with E-state index in [0.717, 1.165) is 12.8 Å². The average molecular weight is 187 g/mol. The van der Waals surface area contributed by atoms with Crippen molar-refractivity contribution in [2.24, 2.45) is 0 Å². The standard InChI is InChI=1S/C9H15O2S/c1-7(12)9(10)11-8-5-3-2-4-6-8/h7-8H,2-6H2,1H3. The Morgan fingerprint density at radius 2 is 2.00 bits per heavy atom. The Kier molecular flexibility index (Phi) is 3.92. The molecule has 0 aromatic rings. The fourth-order valence-electron chi connectivity index (χ4n) is 1.44. The number of hydrogen-bond acceptors (Lipinski definition) is 2. The Bertz CT molecular complexity index is 151. The van der Waals surface area contributed by atoms with Crippen LogP contribution in [0.15, 0.2) is 0 Å². The van der Waals surface area contributed by atoms with Crippen molar-refractivity contribution < 1.29 is 9.53 Å². The van der Waals surface area contributed by atoms with Crippen molar-refractivity contribution in [3.8, 4) is 0 Å². The highest BCUT2D eigenvalue weighted by Crippen LogP contribution is 2.20. The third kappa shape index (κ3) is 3.05. The number of carbonyl (C=O) groups excluding carboxylic acids is 1. The van der Waals surface area contributed by atoms with Gasteiger partial charge in [-0.2, -0.15) is 0 Å². The topological polar surface area (TPSA) is 26.3 Å². The molecule has 0 aromatic carbocycles. The molecule has 0 N–H and O–H groups in total. The molecule has 0 aromatic heterocycles. The molecule has 0 aliphatic heterocycles. The summed E-state index contributed by atoms with van der Waals surface area (Å²) < 4.78 is 5.21. The smallest absolute Gasteiger partial charge is 0.319 e. The van der Waals surface area contributed by atoms with Crippen LogP contribution in [0.4, 0.5) is 0 Å². The monoisotopic (exact) mass is 187 g/mol. The summed E-state index contributed by atoms with van der Waals surface area (Å²) in [5.41, 5.74) is 0. The van der Waals surface area contributed by atoms with Crippen LogP contribution in [-0.2, 0) is 9.53 Å². The van der Waals surface area contributed by atoms with E-state index >= 15 is 0 Å². The fraction of sp³-hybridized carbons (Fsp3) is 0.889. The summed E-state index contributed by atoms with van der Waals surface area (Å²) in [7, 11) is 0. The minimum absolute atomic E-state index is 0.150. The summed E-state index contributed by atoms with van der Waals surface area (Å²) in [5, 5.41) is -0.396. The van der Waals surface area contributed by atoms with Crippen LogP contribution in [0.5, 0.6) is 0 Å². The van der Waals surface area contributed by atoms with Gasteiger partial charge in [-0.3, -0.25) is 4.79 Å². The first-order valence-electron chi connectivity index (χ1n) is 4.56. The zero-order chi connectivity index (χ0) is 8.97. The Labute approximate surface area is 79.1 Å². The highest BCUT2D eigenvalue weighted by molar-refractivity contribution is 7.81. The first-order chi connectivity index (χ1) is 5.70. The molecule has 0 spiro atoms. The van der Waals surface area contributed by atoms with Gasteiger partial charge in [-0.1, -0.05) is 19.0 Å². The lowest BCUT2D eigenvalue weighted by atomic mass is 9.98. The maximum atomic E-state index is 11.1.